The normalized spacial score (nSPS) is 47.4. The van der Waals surface area contributed by atoms with E-state index in [1.165, 1.54) is 64.2 Å². The minimum Gasteiger partial charge on any atom is -0.0882 e. The molecule has 4 aliphatic carbocycles. The van der Waals surface area contributed by atoms with Crippen LogP contribution in [0.2, 0.25) is 0 Å². The fourth-order valence-corrected chi connectivity index (χ4v) is 8.85. The molecule has 8 atom stereocenters. The van der Waals surface area contributed by atoms with Gasteiger partial charge in [-0.05, 0) is 104 Å². The first-order valence-corrected chi connectivity index (χ1v) is 12.5. The molecule has 5 unspecified atom stereocenters. The molecule has 0 aromatic heterocycles. The fourth-order valence-electron chi connectivity index (χ4n) is 8.85. The van der Waals surface area contributed by atoms with Crippen LogP contribution in [-0.4, -0.2) is 0 Å². The molecule has 0 radical (unpaired) electrons. The summed E-state index contributed by atoms with van der Waals surface area (Å²) in [6.45, 7) is 12.8. The van der Waals surface area contributed by atoms with E-state index in [0.717, 1.165) is 41.4 Å². The molecule has 3 saturated carbocycles. The lowest BCUT2D eigenvalue weighted by atomic mass is 9.45. The topological polar surface area (TPSA) is 0 Å². The van der Waals surface area contributed by atoms with Crippen molar-refractivity contribution < 1.29 is 0 Å². The Morgan fingerprint density at radius 1 is 0.852 bits per heavy atom. The largest absolute Gasteiger partial charge is 0.0882 e. The summed E-state index contributed by atoms with van der Waals surface area (Å²) >= 11 is 0. The van der Waals surface area contributed by atoms with Gasteiger partial charge in [0.2, 0.25) is 0 Å². The summed E-state index contributed by atoms with van der Waals surface area (Å²) in [7, 11) is 0. The van der Waals surface area contributed by atoms with E-state index < -0.39 is 0 Å². The number of fused-ring (bicyclic) bond motifs is 5. The highest BCUT2D eigenvalue weighted by atomic mass is 14.6. The van der Waals surface area contributed by atoms with Gasteiger partial charge in [0.1, 0.15) is 0 Å². The molecule has 0 spiro atoms. The minimum absolute atomic E-state index is 0.625. The van der Waals surface area contributed by atoms with Gasteiger partial charge in [-0.2, -0.15) is 0 Å². The van der Waals surface area contributed by atoms with E-state index >= 15 is 0 Å². The van der Waals surface area contributed by atoms with Crippen molar-refractivity contribution in [1.29, 1.82) is 0 Å². The van der Waals surface area contributed by atoms with Crippen molar-refractivity contribution >= 4 is 0 Å². The van der Waals surface area contributed by atoms with Gasteiger partial charge in [0.15, 0.2) is 0 Å². The quantitative estimate of drug-likeness (QED) is 0.427. The monoisotopic (exact) mass is 370 g/mol. The fraction of sp³-hybridized carbons (Fsp3) is 0.926. The van der Waals surface area contributed by atoms with Crippen LogP contribution in [0.3, 0.4) is 0 Å². The number of hydrogen-bond donors (Lipinski definition) is 0. The standard InChI is InChI=1S/C27H46/c1-19(2)9-8-10-20(3)23-14-15-24-22-13-12-21-11-6-7-17-26(21,4)25(22)16-18-27(23,24)5/h6,11,19-25H,7-10,12-18H2,1-5H3/t20-,21?,22?,23?,24+,25+,26?,27?/m1/s1. The van der Waals surface area contributed by atoms with Crippen molar-refractivity contribution in [3.63, 3.8) is 0 Å². The Hall–Kier alpha value is -0.260. The Balaban J connectivity index is 1.47. The number of hydrogen-bond acceptors (Lipinski definition) is 0. The Morgan fingerprint density at radius 3 is 2.41 bits per heavy atom. The average molecular weight is 371 g/mol. The van der Waals surface area contributed by atoms with Gasteiger partial charge in [0, 0.05) is 0 Å². The molecule has 0 heterocycles. The Kier molecular flexibility index (Phi) is 5.59. The van der Waals surface area contributed by atoms with E-state index in [4.69, 9.17) is 0 Å². The van der Waals surface area contributed by atoms with Gasteiger partial charge in [0.25, 0.3) is 0 Å². The van der Waals surface area contributed by atoms with Gasteiger partial charge >= 0.3 is 0 Å². The molecular formula is C27H46. The molecule has 0 bridgehead atoms. The van der Waals surface area contributed by atoms with Crippen molar-refractivity contribution in [3.05, 3.63) is 12.2 Å². The summed E-state index contributed by atoms with van der Waals surface area (Å²) in [5.41, 5.74) is 1.28. The maximum absolute atomic E-state index is 2.74. The van der Waals surface area contributed by atoms with E-state index in [-0.39, 0.29) is 0 Å². The summed E-state index contributed by atoms with van der Waals surface area (Å²) in [5, 5.41) is 0. The molecule has 0 heteroatoms. The second-order valence-corrected chi connectivity index (χ2v) is 12.1. The van der Waals surface area contributed by atoms with Gasteiger partial charge in [-0.3, -0.25) is 0 Å². The molecule has 0 N–H and O–H groups in total. The van der Waals surface area contributed by atoms with Gasteiger partial charge in [-0.15, -0.1) is 0 Å². The Bertz CT molecular complexity index is 544. The lowest BCUT2D eigenvalue weighted by Crippen LogP contribution is -2.52. The molecule has 4 aliphatic rings. The second-order valence-electron chi connectivity index (χ2n) is 12.1. The zero-order chi connectivity index (χ0) is 19.2. The summed E-state index contributed by atoms with van der Waals surface area (Å²) in [6, 6.07) is 0. The third-order valence-electron chi connectivity index (χ3n) is 10.4. The van der Waals surface area contributed by atoms with Gasteiger partial charge in [-0.1, -0.05) is 66.0 Å². The molecule has 0 amide bonds. The van der Waals surface area contributed by atoms with Crippen LogP contribution in [0.4, 0.5) is 0 Å². The molecular weight excluding hydrogens is 324 g/mol. The third kappa shape index (κ3) is 3.36. The van der Waals surface area contributed by atoms with Crippen LogP contribution in [-0.2, 0) is 0 Å². The highest BCUT2D eigenvalue weighted by Crippen LogP contribution is 2.67. The van der Waals surface area contributed by atoms with Crippen LogP contribution in [0.1, 0.15) is 105 Å². The molecule has 0 nitrogen and oxygen atoms in total. The van der Waals surface area contributed by atoms with Crippen molar-refractivity contribution in [3.8, 4) is 0 Å². The average Bonchev–Trinajstić information content (AvgIpc) is 2.98. The SMILES string of the molecule is CC(C)CCC[C@@H](C)C1CC[C@H]2C3CCC4C=CCCC4(C)[C@H]3CCC12C. The zero-order valence-corrected chi connectivity index (χ0v) is 19.0. The first kappa shape index (κ1) is 20.0. The predicted molar refractivity (Wildman–Crippen MR) is 118 cm³/mol. The maximum Gasteiger partial charge on any atom is -0.0177 e. The van der Waals surface area contributed by atoms with Gasteiger partial charge < -0.3 is 0 Å². The van der Waals surface area contributed by atoms with Crippen LogP contribution in [0.5, 0.6) is 0 Å². The van der Waals surface area contributed by atoms with Crippen molar-refractivity contribution in [2.24, 2.45) is 52.3 Å². The first-order chi connectivity index (χ1) is 12.9. The van der Waals surface area contributed by atoms with Crippen LogP contribution >= 0.6 is 0 Å². The van der Waals surface area contributed by atoms with Gasteiger partial charge in [0.05, 0.1) is 0 Å². The molecule has 0 aliphatic heterocycles. The van der Waals surface area contributed by atoms with Crippen LogP contribution < -0.4 is 0 Å². The van der Waals surface area contributed by atoms with Crippen molar-refractivity contribution in [2.45, 2.75) is 105 Å². The summed E-state index contributed by atoms with van der Waals surface area (Å²) < 4.78 is 0. The highest BCUT2D eigenvalue weighted by molar-refractivity contribution is 5.13. The van der Waals surface area contributed by atoms with E-state index in [0.29, 0.717) is 10.8 Å². The van der Waals surface area contributed by atoms with E-state index in [2.05, 4.69) is 46.8 Å². The third-order valence-corrected chi connectivity index (χ3v) is 10.4. The molecule has 27 heavy (non-hydrogen) atoms. The molecule has 0 aromatic rings. The van der Waals surface area contributed by atoms with Gasteiger partial charge in [-0.25, -0.2) is 0 Å². The van der Waals surface area contributed by atoms with E-state index in [1.54, 1.807) is 6.42 Å². The second kappa shape index (κ2) is 7.53. The molecule has 4 rings (SSSR count). The lowest BCUT2D eigenvalue weighted by Gasteiger charge is -2.60. The first-order valence-electron chi connectivity index (χ1n) is 12.5. The molecule has 0 saturated heterocycles. The summed E-state index contributed by atoms with van der Waals surface area (Å²) in [4.78, 5) is 0. The van der Waals surface area contributed by atoms with Crippen molar-refractivity contribution in [2.75, 3.05) is 0 Å². The Labute approximate surface area is 170 Å². The summed E-state index contributed by atoms with van der Waals surface area (Å²) in [5.74, 6) is 6.83. The molecule has 0 aromatic carbocycles. The highest BCUT2D eigenvalue weighted by Gasteiger charge is 2.59. The lowest BCUT2D eigenvalue weighted by molar-refractivity contribution is -0.0955. The van der Waals surface area contributed by atoms with Crippen LogP contribution in [0.25, 0.3) is 0 Å². The molecule has 154 valence electrons. The maximum atomic E-state index is 2.74. The van der Waals surface area contributed by atoms with E-state index in [9.17, 15) is 0 Å². The minimum atomic E-state index is 0.625. The van der Waals surface area contributed by atoms with Crippen molar-refractivity contribution in [1.82, 2.24) is 0 Å². The van der Waals surface area contributed by atoms with Crippen LogP contribution in [0, 0.1) is 52.3 Å². The molecule has 3 fully saturated rings. The summed E-state index contributed by atoms with van der Waals surface area (Å²) in [6.07, 6.45) is 21.4. The number of allylic oxidation sites excluding steroid dienone is 2. The zero-order valence-electron chi connectivity index (χ0n) is 19.0. The smallest absolute Gasteiger partial charge is 0.0177 e. The number of rotatable bonds is 5. The predicted octanol–water partition coefficient (Wildman–Crippen LogP) is 8.27. The van der Waals surface area contributed by atoms with Crippen LogP contribution in [0.15, 0.2) is 12.2 Å². The van der Waals surface area contributed by atoms with E-state index in [1.807, 2.05) is 0 Å². The Morgan fingerprint density at radius 2 is 1.63 bits per heavy atom.